The van der Waals surface area contributed by atoms with Gasteiger partial charge in [0.15, 0.2) is 5.78 Å². The first-order valence-corrected chi connectivity index (χ1v) is 13.0. The maximum atomic E-state index is 14.4. The fourth-order valence-electron chi connectivity index (χ4n) is 4.49. The number of halogens is 2. The van der Waals surface area contributed by atoms with Crippen LogP contribution in [0.3, 0.4) is 0 Å². The molecule has 35 heavy (non-hydrogen) atoms. The van der Waals surface area contributed by atoms with E-state index in [0.717, 1.165) is 23.6 Å². The summed E-state index contributed by atoms with van der Waals surface area (Å²) in [7, 11) is 0. The lowest BCUT2D eigenvalue weighted by Crippen LogP contribution is -2.30. The second kappa shape index (κ2) is 12.3. The number of hydrogen-bond donors (Lipinski definition) is 1. The molecule has 186 valence electrons. The molecule has 0 aliphatic rings. The Bertz CT molecular complexity index is 1190. The zero-order valence-corrected chi connectivity index (χ0v) is 21.9. The minimum atomic E-state index is -0.794. The fraction of sp³-hybridized carbons (Fsp3) is 0.379. The van der Waals surface area contributed by atoms with Gasteiger partial charge in [0.05, 0.1) is 11.0 Å². The van der Waals surface area contributed by atoms with E-state index in [1.807, 2.05) is 44.2 Å². The number of unbranched alkanes of at least 4 members (excludes halogenated alkanes) is 1. The topological polar surface area (TPSA) is 63.6 Å². The van der Waals surface area contributed by atoms with E-state index in [1.54, 1.807) is 18.2 Å². The summed E-state index contributed by atoms with van der Waals surface area (Å²) < 4.78 is 21.1. The van der Waals surface area contributed by atoms with Crippen molar-refractivity contribution >= 4 is 38.5 Å². The molecule has 3 rings (SSSR count). The van der Waals surface area contributed by atoms with E-state index < -0.39 is 11.4 Å². The number of ketones is 1. The van der Waals surface area contributed by atoms with E-state index in [0.29, 0.717) is 47.0 Å². The summed E-state index contributed by atoms with van der Waals surface area (Å²) in [6.07, 6.45) is 4.11. The molecule has 0 spiro atoms. The molecule has 0 saturated carbocycles. The van der Waals surface area contributed by atoms with Crippen molar-refractivity contribution in [1.29, 1.82) is 0 Å². The minimum absolute atomic E-state index is 0.0115. The average Bonchev–Trinajstić information content (AvgIpc) is 2.85. The third-order valence-corrected chi connectivity index (χ3v) is 7.26. The molecule has 0 radical (unpaired) electrons. The minimum Gasteiger partial charge on any atom is -0.487 e. The summed E-state index contributed by atoms with van der Waals surface area (Å²) in [6.45, 7) is 3.94. The molecule has 4 nitrogen and oxygen atoms in total. The summed E-state index contributed by atoms with van der Waals surface area (Å²) in [6, 6.07) is 16.0. The number of hydrogen-bond acceptors (Lipinski definition) is 3. The van der Waals surface area contributed by atoms with Crippen LogP contribution in [-0.2, 0) is 11.4 Å². The molecule has 0 saturated heterocycles. The lowest BCUT2D eigenvalue weighted by Gasteiger charge is -2.28. The van der Waals surface area contributed by atoms with Crippen LogP contribution in [0.5, 0.6) is 5.75 Å². The van der Waals surface area contributed by atoms with Gasteiger partial charge in [0.2, 0.25) is 0 Å². The van der Waals surface area contributed by atoms with Gasteiger partial charge in [0.25, 0.3) is 0 Å². The van der Waals surface area contributed by atoms with Crippen LogP contribution in [0.4, 0.5) is 4.39 Å². The molecule has 1 N–H and O–H groups in total. The number of carbonyl (C=O) groups excluding carboxylic acids is 1. The first kappa shape index (κ1) is 26.9. The molecule has 0 aromatic heterocycles. The van der Waals surface area contributed by atoms with Gasteiger partial charge < -0.3 is 9.84 Å². The quantitative estimate of drug-likeness (QED) is 0.220. The predicted molar refractivity (Wildman–Crippen MR) is 140 cm³/mol. The van der Waals surface area contributed by atoms with Gasteiger partial charge in [-0.1, -0.05) is 79.0 Å². The van der Waals surface area contributed by atoms with Gasteiger partial charge in [-0.25, -0.2) is 4.39 Å². The van der Waals surface area contributed by atoms with Crippen LogP contribution >= 0.6 is 15.9 Å². The second-order valence-corrected chi connectivity index (χ2v) is 9.92. The number of aliphatic carboxylic acids is 1. The third kappa shape index (κ3) is 6.49. The molecule has 1 unspecified atom stereocenters. The molecule has 6 heteroatoms. The molecule has 3 aromatic carbocycles. The molecule has 0 aliphatic carbocycles. The summed E-state index contributed by atoms with van der Waals surface area (Å²) in [5, 5.41) is 11.6. The zero-order chi connectivity index (χ0) is 25.4. The summed E-state index contributed by atoms with van der Waals surface area (Å²) in [4.78, 5) is 25.3. The summed E-state index contributed by atoms with van der Waals surface area (Å²) in [5.74, 6) is -0.842. The number of fused-ring (bicyclic) bond motifs is 1. The van der Waals surface area contributed by atoms with Crippen molar-refractivity contribution in [2.45, 2.75) is 65.4 Å². The Hall–Kier alpha value is -2.73. The van der Waals surface area contributed by atoms with Gasteiger partial charge in [0.1, 0.15) is 18.2 Å². The second-order valence-electron chi connectivity index (χ2n) is 9.01. The Morgan fingerprint density at radius 2 is 1.77 bits per heavy atom. The summed E-state index contributed by atoms with van der Waals surface area (Å²) >= 11 is 3.26. The zero-order valence-electron chi connectivity index (χ0n) is 20.3. The standard InChI is InChI=1S/C29H32BrFO4/c1-3-5-16-29(4-2,28(33)34)17-8-11-26(32)24-15-13-20-9-6-7-10-23(20)27(24)35-19-21-12-14-22(30)18-25(21)31/h6-7,9-10,12-15,18H,3-5,8,11,16-17,19H2,1-2H3,(H,33,34). The maximum Gasteiger partial charge on any atom is 0.309 e. The molecule has 0 fully saturated rings. The highest BCUT2D eigenvalue weighted by Crippen LogP contribution is 2.36. The van der Waals surface area contributed by atoms with E-state index in [1.165, 1.54) is 6.07 Å². The Labute approximate surface area is 214 Å². The van der Waals surface area contributed by atoms with Gasteiger partial charge >= 0.3 is 5.97 Å². The van der Waals surface area contributed by atoms with Crippen LogP contribution < -0.4 is 4.74 Å². The first-order valence-electron chi connectivity index (χ1n) is 12.2. The molecule has 1 atom stereocenters. The van der Waals surface area contributed by atoms with Crippen LogP contribution in [0.25, 0.3) is 10.8 Å². The Morgan fingerprint density at radius 3 is 2.46 bits per heavy atom. The predicted octanol–water partition coefficient (Wildman–Crippen LogP) is 8.34. The van der Waals surface area contributed by atoms with Gasteiger partial charge in [-0.3, -0.25) is 9.59 Å². The number of ether oxygens (including phenoxy) is 1. The van der Waals surface area contributed by atoms with Crippen molar-refractivity contribution in [3.8, 4) is 5.75 Å². The van der Waals surface area contributed by atoms with Crippen molar-refractivity contribution in [2.75, 3.05) is 0 Å². The lowest BCUT2D eigenvalue weighted by molar-refractivity contribution is -0.150. The van der Waals surface area contributed by atoms with Gasteiger partial charge in [-0.2, -0.15) is 0 Å². The average molecular weight is 543 g/mol. The maximum absolute atomic E-state index is 14.4. The van der Waals surface area contributed by atoms with Crippen LogP contribution in [0.2, 0.25) is 0 Å². The third-order valence-electron chi connectivity index (χ3n) is 6.77. The largest absolute Gasteiger partial charge is 0.487 e. The van der Waals surface area contributed by atoms with Gasteiger partial charge in [0, 0.05) is 21.8 Å². The van der Waals surface area contributed by atoms with Crippen molar-refractivity contribution < 1.29 is 23.8 Å². The van der Waals surface area contributed by atoms with Crippen LogP contribution in [0.1, 0.15) is 74.7 Å². The van der Waals surface area contributed by atoms with E-state index in [-0.39, 0.29) is 24.6 Å². The number of carboxylic acids is 1. The van der Waals surface area contributed by atoms with Crippen molar-refractivity contribution in [3.63, 3.8) is 0 Å². The molecule has 0 bridgehead atoms. The lowest BCUT2D eigenvalue weighted by atomic mass is 9.76. The molecular weight excluding hydrogens is 511 g/mol. The number of carboxylic acid groups (broad SMARTS) is 1. The SMILES string of the molecule is CCCCC(CC)(CCCC(=O)c1ccc2ccccc2c1OCc1ccc(Br)cc1F)C(=O)O. The van der Waals surface area contributed by atoms with Crippen molar-refractivity contribution in [2.24, 2.45) is 5.41 Å². The van der Waals surface area contributed by atoms with Crippen molar-refractivity contribution in [1.82, 2.24) is 0 Å². The van der Waals surface area contributed by atoms with E-state index in [4.69, 9.17) is 4.74 Å². The molecule has 0 amide bonds. The highest BCUT2D eigenvalue weighted by atomic mass is 79.9. The summed E-state index contributed by atoms with van der Waals surface area (Å²) in [5.41, 5.74) is 0.0369. The number of benzene rings is 3. The Morgan fingerprint density at radius 1 is 1.03 bits per heavy atom. The Kier molecular flexibility index (Phi) is 9.44. The number of rotatable bonds is 13. The highest BCUT2D eigenvalue weighted by molar-refractivity contribution is 9.10. The normalized spacial score (nSPS) is 12.9. The van der Waals surface area contributed by atoms with E-state index in [9.17, 15) is 19.1 Å². The van der Waals surface area contributed by atoms with Gasteiger partial charge in [-0.05, 0) is 49.3 Å². The number of Topliss-reactive ketones (excluding diaryl/α,β-unsaturated/α-hetero) is 1. The van der Waals surface area contributed by atoms with E-state index >= 15 is 0 Å². The molecule has 0 aliphatic heterocycles. The molecular formula is C29H32BrFO4. The van der Waals surface area contributed by atoms with Crippen LogP contribution in [0.15, 0.2) is 59.1 Å². The van der Waals surface area contributed by atoms with Crippen molar-refractivity contribution in [3.05, 3.63) is 76.0 Å². The number of carbonyl (C=O) groups is 2. The highest BCUT2D eigenvalue weighted by Gasteiger charge is 2.35. The smallest absolute Gasteiger partial charge is 0.309 e. The molecule has 3 aromatic rings. The van der Waals surface area contributed by atoms with Crippen LogP contribution in [0, 0.1) is 11.2 Å². The fourth-order valence-corrected chi connectivity index (χ4v) is 4.82. The van der Waals surface area contributed by atoms with Crippen LogP contribution in [-0.4, -0.2) is 16.9 Å². The molecule has 0 heterocycles. The van der Waals surface area contributed by atoms with E-state index in [2.05, 4.69) is 15.9 Å². The van der Waals surface area contributed by atoms with Gasteiger partial charge in [-0.15, -0.1) is 0 Å². The first-order chi connectivity index (χ1) is 16.8. The Balaban J connectivity index is 1.82. The monoisotopic (exact) mass is 542 g/mol.